The highest BCUT2D eigenvalue weighted by molar-refractivity contribution is 5.90. The maximum Gasteiger partial charge on any atom is 0.407 e. The summed E-state index contributed by atoms with van der Waals surface area (Å²) in [5.74, 6) is 0. The number of carbonyl (C=O) groups excluding carboxylic acids is 1. The molecule has 1 amide bonds. The third kappa shape index (κ3) is 3.53. The molecule has 6 nitrogen and oxygen atoms in total. The molecule has 3 heterocycles. The van der Waals surface area contributed by atoms with Gasteiger partial charge in [-0.2, -0.15) is 0 Å². The molecule has 2 aromatic rings. The Morgan fingerprint density at radius 2 is 1.96 bits per heavy atom. The van der Waals surface area contributed by atoms with Crippen molar-refractivity contribution < 1.29 is 13.9 Å². The quantitative estimate of drug-likeness (QED) is 0.819. The van der Waals surface area contributed by atoms with Crippen LogP contribution in [-0.2, 0) is 24.1 Å². The topological polar surface area (TPSA) is 71.8 Å². The Balaban J connectivity index is 1.74. The van der Waals surface area contributed by atoms with Crippen LogP contribution in [0.4, 0.5) is 10.5 Å². The van der Waals surface area contributed by atoms with E-state index in [1.54, 1.807) is 0 Å². The van der Waals surface area contributed by atoms with Crippen LogP contribution in [0.2, 0.25) is 0 Å². The van der Waals surface area contributed by atoms with Crippen LogP contribution in [0.15, 0.2) is 21.3 Å². The van der Waals surface area contributed by atoms with Gasteiger partial charge in [-0.15, -0.1) is 0 Å². The fourth-order valence-corrected chi connectivity index (χ4v) is 4.16. The minimum Gasteiger partial charge on any atom is -0.444 e. The smallest absolute Gasteiger partial charge is 0.407 e. The van der Waals surface area contributed by atoms with Gasteiger partial charge in [0.25, 0.3) is 0 Å². The molecule has 0 saturated heterocycles. The lowest BCUT2D eigenvalue weighted by Gasteiger charge is -2.37. The molecule has 4 rings (SSSR count). The van der Waals surface area contributed by atoms with Crippen molar-refractivity contribution in [3.8, 4) is 0 Å². The molecule has 2 aliphatic rings. The van der Waals surface area contributed by atoms with Crippen molar-refractivity contribution in [1.82, 2.24) is 5.32 Å². The lowest BCUT2D eigenvalue weighted by Crippen LogP contribution is -2.34. The molecule has 0 aliphatic carbocycles. The minimum atomic E-state index is -0.561. The van der Waals surface area contributed by atoms with E-state index in [-0.39, 0.29) is 12.2 Å². The minimum absolute atomic E-state index is 0.235. The van der Waals surface area contributed by atoms with Gasteiger partial charge in [0, 0.05) is 42.3 Å². The van der Waals surface area contributed by atoms with Gasteiger partial charge in [0.2, 0.25) is 0 Å². The predicted molar refractivity (Wildman–Crippen MR) is 104 cm³/mol. The van der Waals surface area contributed by atoms with Crippen molar-refractivity contribution in [3.05, 3.63) is 39.2 Å². The monoisotopic (exact) mass is 370 g/mol. The number of benzene rings is 1. The van der Waals surface area contributed by atoms with Gasteiger partial charge in [0.1, 0.15) is 11.2 Å². The first-order valence-electron chi connectivity index (χ1n) is 9.65. The summed E-state index contributed by atoms with van der Waals surface area (Å²) >= 11 is 0. The van der Waals surface area contributed by atoms with E-state index >= 15 is 0 Å². The number of amides is 1. The molecule has 144 valence electrons. The highest BCUT2D eigenvalue weighted by Gasteiger charge is 2.27. The SMILES string of the molecule is CC(C)(C)OC(=O)NCc1cc(=O)oc2c3c4c(cc12)CCCN4CCC3. The zero-order valence-electron chi connectivity index (χ0n) is 16.2. The van der Waals surface area contributed by atoms with Crippen molar-refractivity contribution >= 4 is 22.7 Å². The van der Waals surface area contributed by atoms with E-state index in [0.29, 0.717) is 5.58 Å². The summed E-state index contributed by atoms with van der Waals surface area (Å²) in [6.07, 6.45) is 3.67. The Hall–Kier alpha value is -2.50. The summed E-state index contributed by atoms with van der Waals surface area (Å²) in [6.45, 7) is 7.83. The zero-order valence-corrected chi connectivity index (χ0v) is 16.2. The van der Waals surface area contributed by atoms with Crippen LogP contribution in [0.3, 0.4) is 0 Å². The van der Waals surface area contributed by atoms with Crippen LogP contribution >= 0.6 is 0 Å². The van der Waals surface area contributed by atoms with Gasteiger partial charge in [-0.25, -0.2) is 9.59 Å². The predicted octanol–water partition coefficient (Wildman–Crippen LogP) is 3.52. The number of nitrogens with one attached hydrogen (secondary N) is 1. The second kappa shape index (κ2) is 6.59. The van der Waals surface area contributed by atoms with Crippen molar-refractivity contribution in [2.24, 2.45) is 0 Å². The summed E-state index contributed by atoms with van der Waals surface area (Å²) in [4.78, 5) is 26.6. The fourth-order valence-electron chi connectivity index (χ4n) is 4.16. The number of carbonyl (C=O) groups is 1. The van der Waals surface area contributed by atoms with Gasteiger partial charge in [-0.3, -0.25) is 0 Å². The standard InChI is InChI=1S/C21H26N2O4/c1-21(2,3)27-20(25)22-12-14-11-17(24)26-19-15-7-5-9-23-8-4-6-13(18(15)23)10-16(14)19/h10-11H,4-9,12H2,1-3H3,(H,22,25). The van der Waals surface area contributed by atoms with Crippen LogP contribution in [0, 0.1) is 0 Å². The number of rotatable bonds is 2. The maximum absolute atomic E-state index is 12.2. The number of nitrogens with zero attached hydrogens (tertiary/aromatic N) is 1. The van der Waals surface area contributed by atoms with Gasteiger partial charge in [-0.05, 0) is 63.6 Å². The average Bonchev–Trinajstić information content (AvgIpc) is 2.59. The third-order valence-electron chi connectivity index (χ3n) is 5.14. The fraction of sp³-hybridized carbons (Fsp3) is 0.524. The Labute approximate surface area is 158 Å². The van der Waals surface area contributed by atoms with E-state index in [9.17, 15) is 9.59 Å². The van der Waals surface area contributed by atoms with E-state index in [2.05, 4.69) is 16.3 Å². The number of fused-ring (bicyclic) bond motifs is 2. The van der Waals surface area contributed by atoms with Crippen LogP contribution in [-0.4, -0.2) is 24.8 Å². The first-order valence-corrected chi connectivity index (χ1v) is 9.65. The van der Waals surface area contributed by atoms with E-state index in [1.807, 2.05) is 20.8 Å². The van der Waals surface area contributed by atoms with Crippen LogP contribution in [0.1, 0.15) is 50.3 Å². The molecule has 0 atom stereocenters. The Kier molecular flexibility index (Phi) is 4.36. The molecule has 0 radical (unpaired) electrons. The highest BCUT2D eigenvalue weighted by Crippen LogP contribution is 2.40. The summed E-state index contributed by atoms with van der Waals surface area (Å²) in [6, 6.07) is 3.61. The summed E-state index contributed by atoms with van der Waals surface area (Å²) in [7, 11) is 0. The van der Waals surface area contributed by atoms with Crippen LogP contribution in [0.5, 0.6) is 0 Å². The second-order valence-electron chi connectivity index (χ2n) is 8.38. The molecule has 2 aliphatic heterocycles. The Bertz CT molecular complexity index is 953. The largest absolute Gasteiger partial charge is 0.444 e. The molecule has 0 saturated carbocycles. The Morgan fingerprint density at radius 1 is 1.22 bits per heavy atom. The number of alkyl carbamates (subject to hydrolysis) is 1. The molecule has 27 heavy (non-hydrogen) atoms. The number of hydrogen-bond acceptors (Lipinski definition) is 5. The van der Waals surface area contributed by atoms with Crippen LogP contribution < -0.4 is 15.8 Å². The van der Waals surface area contributed by atoms with Gasteiger partial charge >= 0.3 is 11.7 Å². The number of hydrogen-bond donors (Lipinski definition) is 1. The zero-order chi connectivity index (χ0) is 19.2. The van der Waals surface area contributed by atoms with Crippen molar-refractivity contribution in [2.45, 2.75) is 58.6 Å². The van der Waals surface area contributed by atoms with Crippen molar-refractivity contribution in [1.29, 1.82) is 0 Å². The highest BCUT2D eigenvalue weighted by atomic mass is 16.6. The summed E-state index contributed by atoms with van der Waals surface area (Å²) in [5, 5.41) is 3.68. The van der Waals surface area contributed by atoms with Gasteiger partial charge in [0.05, 0.1) is 0 Å². The van der Waals surface area contributed by atoms with Gasteiger partial charge in [0.15, 0.2) is 0 Å². The van der Waals surface area contributed by atoms with Crippen molar-refractivity contribution in [3.63, 3.8) is 0 Å². The lowest BCUT2D eigenvalue weighted by molar-refractivity contribution is 0.0523. The summed E-state index contributed by atoms with van der Waals surface area (Å²) in [5.41, 5.74) is 4.23. The molecule has 0 fully saturated rings. The average molecular weight is 370 g/mol. The first kappa shape index (κ1) is 17.9. The van der Waals surface area contributed by atoms with Crippen LogP contribution in [0.25, 0.3) is 11.0 Å². The van der Waals surface area contributed by atoms with E-state index in [4.69, 9.17) is 9.15 Å². The molecular formula is C21H26N2O4. The van der Waals surface area contributed by atoms with Gasteiger partial charge < -0.3 is 19.4 Å². The molecule has 0 unspecified atom stereocenters. The normalized spacial score (nSPS) is 16.2. The van der Waals surface area contributed by atoms with E-state index < -0.39 is 11.7 Å². The lowest BCUT2D eigenvalue weighted by atomic mass is 9.89. The van der Waals surface area contributed by atoms with E-state index in [1.165, 1.54) is 17.3 Å². The van der Waals surface area contributed by atoms with Gasteiger partial charge in [-0.1, -0.05) is 0 Å². The molecule has 1 aromatic carbocycles. The third-order valence-corrected chi connectivity index (χ3v) is 5.14. The summed E-state index contributed by atoms with van der Waals surface area (Å²) < 4.78 is 10.9. The molecule has 1 aromatic heterocycles. The Morgan fingerprint density at radius 3 is 2.70 bits per heavy atom. The molecule has 6 heteroatoms. The number of ether oxygens (including phenoxy) is 1. The molecule has 0 spiro atoms. The number of aryl methyl sites for hydroxylation is 2. The van der Waals surface area contributed by atoms with Crippen molar-refractivity contribution in [2.75, 3.05) is 18.0 Å². The maximum atomic E-state index is 12.2. The molecule has 1 N–H and O–H groups in total. The molecular weight excluding hydrogens is 344 g/mol. The second-order valence-corrected chi connectivity index (χ2v) is 8.38. The van der Waals surface area contributed by atoms with E-state index in [0.717, 1.165) is 55.3 Å². The molecule has 0 bridgehead atoms. The number of anilines is 1. The first-order chi connectivity index (χ1) is 12.8.